The van der Waals surface area contributed by atoms with Gasteiger partial charge in [-0.1, -0.05) is 0 Å². The molecule has 1 atom stereocenters. The van der Waals surface area contributed by atoms with Gasteiger partial charge in [-0.05, 0) is 0 Å². The lowest BCUT2D eigenvalue weighted by molar-refractivity contribution is -0.596. The van der Waals surface area contributed by atoms with Crippen LogP contribution in [0.5, 0.6) is 0 Å². The SMILES string of the molecule is N#CC(OC(F)(F)F)C(OC(F)(F)F)(OC(F)(F)F)OC(F)(F)F. The molecule has 0 aromatic rings. The Hall–Kier alpha value is -1.51. The van der Waals surface area contributed by atoms with Crippen LogP contribution >= 0.6 is 0 Å². The van der Waals surface area contributed by atoms with Crippen LogP contribution in [0.15, 0.2) is 0 Å². The van der Waals surface area contributed by atoms with E-state index in [0.29, 0.717) is 0 Å². The summed E-state index contributed by atoms with van der Waals surface area (Å²) in [5.74, 6) is -5.75. The molecule has 0 amide bonds. The Balaban J connectivity index is 6.17. The Morgan fingerprint density at radius 3 is 1.04 bits per heavy atom. The van der Waals surface area contributed by atoms with Crippen molar-refractivity contribution in [3.63, 3.8) is 0 Å². The predicted octanol–water partition coefficient (Wildman–Crippen LogP) is 3.68. The van der Waals surface area contributed by atoms with E-state index in [1.54, 1.807) is 0 Å². The third-order valence-corrected chi connectivity index (χ3v) is 1.46. The number of alkyl halides is 12. The molecule has 0 aliphatic rings. The predicted molar refractivity (Wildman–Crippen MR) is 40.7 cm³/mol. The Morgan fingerprint density at radius 1 is 0.583 bits per heavy atom. The number of ether oxygens (including phenoxy) is 4. The second kappa shape index (κ2) is 6.78. The summed E-state index contributed by atoms with van der Waals surface area (Å²) >= 11 is 0. The lowest BCUT2D eigenvalue weighted by Crippen LogP contribution is -2.58. The van der Waals surface area contributed by atoms with Gasteiger partial charge in [0.25, 0.3) is 0 Å². The average molecular weight is 391 g/mol. The lowest BCUT2D eigenvalue weighted by Gasteiger charge is -2.36. The molecule has 0 aliphatic carbocycles. The molecular formula is C7HF12NO4. The molecule has 0 aromatic heterocycles. The largest absolute Gasteiger partial charge is 0.526 e. The Kier molecular flexibility index (Phi) is 6.35. The maximum atomic E-state index is 12.1. The summed E-state index contributed by atoms with van der Waals surface area (Å²) in [5.41, 5.74) is 0. The van der Waals surface area contributed by atoms with Gasteiger partial charge >= 0.3 is 31.4 Å². The van der Waals surface area contributed by atoms with E-state index in [2.05, 4.69) is 18.9 Å². The normalized spacial score (nSPS) is 16.0. The highest BCUT2D eigenvalue weighted by atomic mass is 19.4. The lowest BCUT2D eigenvalue weighted by atomic mass is 10.3. The zero-order valence-corrected chi connectivity index (χ0v) is 10.2. The molecule has 0 N–H and O–H groups in total. The molecule has 17 heteroatoms. The van der Waals surface area contributed by atoms with Gasteiger partial charge in [-0.15, -0.1) is 52.7 Å². The van der Waals surface area contributed by atoms with Crippen LogP contribution in [0.3, 0.4) is 0 Å². The van der Waals surface area contributed by atoms with E-state index < -0.39 is 37.5 Å². The van der Waals surface area contributed by atoms with Crippen molar-refractivity contribution < 1.29 is 71.6 Å². The van der Waals surface area contributed by atoms with Crippen LogP contribution in [0, 0.1) is 11.3 Å². The minimum atomic E-state index is -6.47. The van der Waals surface area contributed by atoms with Gasteiger partial charge in [-0.25, -0.2) is 14.2 Å². The van der Waals surface area contributed by atoms with Gasteiger partial charge in [0.15, 0.2) is 0 Å². The van der Waals surface area contributed by atoms with E-state index >= 15 is 0 Å². The maximum absolute atomic E-state index is 12.1. The number of rotatable bonds is 5. The number of halogens is 12. The van der Waals surface area contributed by atoms with Crippen molar-refractivity contribution in [1.29, 1.82) is 5.26 Å². The summed E-state index contributed by atoms with van der Waals surface area (Å²) in [6, 6.07) is -0.0499. The highest BCUT2D eigenvalue weighted by molar-refractivity contribution is 4.93. The first kappa shape index (κ1) is 22.5. The maximum Gasteiger partial charge on any atom is 0.526 e. The summed E-state index contributed by atoms with van der Waals surface area (Å²) in [7, 11) is 0. The standard InChI is InChI=1S/C7HF12NO4/c8-4(9,10)21-2(1-20)3(22-5(11,12)13,23-6(14,15)16)24-7(17,18)19/h2H. The molecule has 0 aromatic carbocycles. The molecule has 0 saturated heterocycles. The molecule has 0 rings (SSSR count). The second-order valence-electron chi connectivity index (χ2n) is 3.32. The molecule has 0 heterocycles. The van der Waals surface area contributed by atoms with Crippen LogP contribution in [0.4, 0.5) is 52.7 Å². The van der Waals surface area contributed by atoms with E-state index in [4.69, 9.17) is 5.26 Å². The van der Waals surface area contributed by atoms with E-state index in [0.717, 1.165) is 0 Å². The summed E-state index contributed by atoms with van der Waals surface area (Å²) in [6.45, 7) is 0. The van der Waals surface area contributed by atoms with Crippen LogP contribution in [0.25, 0.3) is 0 Å². The number of nitrogens with zero attached hydrogens (tertiary/aromatic N) is 1. The number of nitriles is 1. The fraction of sp³-hybridized carbons (Fsp3) is 0.857. The molecule has 5 nitrogen and oxygen atoms in total. The molecular weight excluding hydrogens is 390 g/mol. The second-order valence-corrected chi connectivity index (χ2v) is 3.32. The van der Waals surface area contributed by atoms with Gasteiger partial charge in [0.1, 0.15) is 6.07 Å². The van der Waals surface area contributed by atoms with Crippen molar-refractivity contribution in [1.82, 2.24) is 0 Å². The summed E-state index contributed by atoms with van der Waals surface area (Å²) < 4.78 is 154. The third-order valence-electron chi connectivity index (χ3n) is 1.46. The third kappa shape index (κ3) is 8.95. The van der Waals surface area contributed by atoms with Crippen molar-refractivity contribution in [3.8, 4) is 6.07 Å². The minimum Gasteiger partial charge on any atom is -0.264 e. The molecule has 0 fully saturated rings. The summed E-state index contributed by atoms with van der Waals surface area (Å²) in [6.07, 6.45) is -29.9. The zero-order chi connectivity index (χ0) is 19.6. The van der Waals surface area contributed by atoms with Gasteiger partial charge < -0.3 is 0 Å². The molecule has 24 heavy (non-hydrogen) atoms. The Bertz CT molecular complexity index is 416. The summed E-state index contributed by atoms with van der Waals surface area (Å²) in [4.78, 5) is 0. The first-order valence-corrected chi connectivity index (χ1v) is 4.73. The van der Waals surface area contributed by atoms with Crippen LogP contribution < -0.4 is 0 Å². The molecule has 0 radical (unpaired) electrons. The van der Waals surface area contributed by atoms with Crippen molar-refractivity contribution >= 4 is 0 Å². The Morgan fingerprint density at radius 2 is 0.875 bits per heavy atom. The van der Waals surface area contributed by atoms with Crippen molar-refractivity contribution in [2.75, 3.05) is 0 Å². The van der Waals surface area contributed by atoms with Gasteiger partial charge in [-0.3, -0.25) is 4.74 Å². The fourth-order valence-electron chi connectivity index (χ4n) is 1.02. The van der Waals surface area contributed by atoms with Crippen molar-refractivity contribution in [2.45, 2.75) is 37.5 Å². The smallest absolute Gasteiger partial charge is 0.264 e. The van der Waals surface area contributed by atoms with Gasteiger partial charge in [0.2, 0.25) is 6.10 Å². The van der Waals surface area contributed by atoms with E-state index in [-0.39, 0.29) is 6.07 Å². The number of hydrogen-bond acceptors (Lipinski definition) is 5. The quantitative estimate of drug-likeness (QED) is 0.529. The topological polar surface area (TPSA) is 60.7 Å². The van der Waals surface area contributed by atoms with Crippen LogP contribution in [0.2, 0.25) is 0 Å². The first-order valence-electron chi connectivity index (χ1n) is 4.73. The molecule has 0 bridgehead atoms. The molecule has 0 saturated carbocycles. The van der Waals surface area contributed by atoms with Crippen LogP contribution in [-0.4, -0.2) is 37.5 Å². The van der Waals surface area contributed by atoms with E-state index in [9.17, 15) is 52.7 Å². The average Bonchev–Trinajstić information content (AvgIpc) is 2.16. The monoisotopic (exact) mass is 391 g/mol. The summed E-state index contributed by atoms with van der Waals surface area (Å²) in [5, 5.41) is 8.20. The molecule has 0 aliphatic heterocycles. The van der Waals surface area contributed by atoms with Gasteiger partial charge in [0, 0.05) is 0 Å². The van der Waals surface area contributed by atoms with Gasteiger partial charge in [-0.2, -0.15) is 5.26 Å². The fourth-order valence-corrected chi connectivity index (χ4v) is 1.02. The highest BCUT2D eigenvalue weighted by Crippen LogP contribution is 2.41. The molecule has 1 unspecified atom stereocenters. The van der Waals surface area contributed by atoms with Gasteiger partial charge in [0.05, 0.1) is 0 Å². The van der Waals surface area contributed by atoms with Crippen molar-refractivity contribution in [3.05, 3.63) is 0 Å². The van der Waals surface area contributed by atoms with E-state index in [1.807, 2.05) is 0 Å². The number of hydrogen-bond donors (Lipinski definition) is 0. The van der Waals surface area contributed by atoms with E-state index in [1.165, 1.54) is 0 Å². The van der Waals surface area contributed by atoms with Crippen molar-refractivity contribution in [2.24, 2.45) is 0 Å². The first-order chi connectivity index (χ1) is 10.3. The molecule has 0 spiro atoms. The van der Waals surface area contributed by atoms with Crippen LogP contribution in [0.1, 0.15) is 0 Å². The zero-order valence-electron chi connectivity index (χ0n) is 10.2. The molecule has 142 valence electrons. The minimum absolute atomic E-state index is 0.0499. The highest BCUT2D eigenvalue weighted by Gasteiger charge is 2.64. The Labute approximate surface area is 122 Å². The van der Waals surface area contributed by atoms with Crippen LogP contribution in [-0.2, 0) is 18.9 Å².